The maximum absolute atomic E-state index is 13.1. The van der Waals surface area contributed by atoms with Crippen LogP contribution >= 0.6 is 0 Å². The van der Waals surface area contributed by atoms with Crippen LogP contribution in [0.1, 0.15) is 64.9 Å². The van der Waals surface area contributed by atoms with E-state index in [0.29, 0.717) is 6.42 Å². The lowest BCUT2D eigenvalue weighted by Gasteiger charge is -2.56. The minimum Gasteiger partial charge on any atom is -0.392 e. The third kappa shape index (κ3) is 4.59. The number of hydrogen-bond acceptors (Lipinski definition) is 3. The molecule has 1 heterocycles. The molecule has 0 radical (unpaired) electrons. The largest absolute Gasteiger partial charge is 0.392 e. The van der Waals surface area contributed by atoms with Gasteiger partial charge in [0.05, 0.1) is 12.5 Å². The molecule has 3 fully saturated rings. The van der Waals surface area contributed by atoms with E-state index in [9.17, 15) is 14.7 Å². The molecule has 1 aromatic carbocycles. The van der Waals surface area contributed by atoms with E-state index in [1.165, 1.54) is 0 Å². The first kappa shape index (κ1) is 23.3. The zero-order valence-electron chi connectivity index (χ0n) is 19.9. The Hall–Kier alpha value is -1.88. The number of hydrogen-bond donors (Lipinski definition) is 2. The summed E-state index contributed by atoms with van der Waals surface area (Å²) in [5, 5.41) is 14.8. The zero-order chi connectivity index (χ0) is 22.9. The maximum Gasteiger partial charge on any atom is 0.225 e. The van der Waals surface area contributed by atoms with Crippen molar-refractivity contribution in [2.75, 3.05) is 13.1 Å². The van der Waals surface area contributed by atoms with Crippen molar-refractivity contribution < 1.29 is 14.7 Å². The van der Waals surface area contributed by atoms with Gasteiger partial charge in [-0.1, -0.05) is 51.1 Å². The van der Waals surface area contributed by atoms with Gasteiger partial charge in [0.15, 0.2) is 0 Å². The fourth-order valence-electron chi connectivity index (χ4n) is 6.95. The molecule has 2 amide bonds. The van der Waals surface area contributed by atoms with Gasteiger partial charge in [-0.25, -0.2) is 0 Å². The Labute approximate surface area is 193 Å². The Morgan fingerprint density at radius 1 is 1.16 bits per heavy atom. The minimum atomic E-state index is -0.501. The molecule has 0 bridgehead atoms. The fraction of sp³-hybridized carbons (Fsp3) is 0.704. The number of likely N-dealkylation sites (tertiary alicyclic amines) is 1. The van der Waals surface area contributed by atoms with Gasteiger partial charge in [-0.3, -0.25) is 9.59 Å². The van der Waals surface area contributed by atoms with Gasteiger partial charge in [0.2, 0.25) is 11.8 Å². The van der Waals surface area contributed by atoms with E-state index in [1.807, 2.05) is 42.2 Å². The second-order valence-corrected chi connectivity index (χ2v) is 10.9. The Kier molecular flexibility index (Phi) is 6.94. The first-order valence-corrected chi connectivity index (χ1v) is 12.6. The fourth-order valence-corrected chi connectivity index (χ4v) is 6.95. The smallest absolute Gasteiger partial charge is 0.225 e. The highest BCUT2D eigenvalue weighted by molar-refractivity contribution is 5.79. The van der Waals surface area contributed by atoms with E-state index in [4.69, 9.17) is 0 Å². The van der Waals surface area contributed by atoms with E-state index < -0.39 is 6.10 Å². The standard InChI is InChI=1S/C27H40N2O3/c1-18(26(32)29-15-7-8-16-29)21-11-13-27(3)14-12-22(19(2)24(27)25(21)31)28-23(30)17-20-9-5-4-6-10-20/h4-6,9-10,18-19,21-22,24-25,31H,7-8,11-17H2,1-3H3,(H,28,30)/t18-,19-,21-,22-,24+,25-,27+/m0/s1. The van der Waals surface area contributed by atoms with Crippen LogP contribution in [0, 0.1) is 29.1 Å². The summed E-state index contributed by atoms with van der Waals surface area (Å²) in [4.78, 5) is 27.8. The highest BCUT2D eigenvalue weighted by Gasteiger charge is 2.54. The Balaban J connectivity index is 1.43. The van der Waals surface area contributed by atoms with Crippen LogP contribution in [0.4, 0.5) is 0 Å². The Morgan fingerprint density at radius 3 is 2.50 bits per heavy atom. The van der Waals surface area contributed by atoms with Gasteiger partial charge in [0.1, 0.15) is 0 Å². The molecule has 176 valence electrons. The van der Waals surface area contributed by atoms with Gasteiger partial charge in [-0.05, 0) is 67.3 Å². The van der Waals surface area contributed by atoms with Gasteiger partial charge in [-0.2, -0.15) is 0 Å². The number of carbonyl (C=O) groups excluding carboxylic acids is 2. The Bertz CT molecular complexity index is 806. The number of carbonyl (C=O) groups is 2. The molecule has 0 unspecified atom stereocenters. The lowest BCUT2D eigenvalue weighted by molar-refractivity contribution is -0.150. The summed E-state index contributed by atoms with van der Waals surface area (Å²) in [6.45, 7) is 8.23. The molecule has 2 saturated carbocycles. The summed E-state index contributed by atoms with van der Waals surface area (Å²) >= 11 is 0. The van der Waals surface area contributed by atoms with Crippen LogP contribution in [0.15, 0.2) is 30.3 Å². The molecule has 1 aliphatic heterocycles. The van der Waals surface area contributed by atoms with Crippen molar-refractivity contribution >= 4 is 11.8 Å². The van der Waals surface area contributed by atoms with Crippen LogP contribution in [0.25, 0.3) is 0 Å². The van der Waals surface area contributed by atoms with E-state index in [0.717, 1.165) is 57.2 Å². The highest BCUT2D eigenvalue weighted by Crippen LogP contribution is 2.55. The second-order valence-electron chi connectivity index (χ2n) is 10.9. The molecule has 7 atom stereocenters. The van der Waals surface area contributed by atoms with E-state index >= 15 is 0 Å². The van der Waals surface area contributed by atoms with Gasteiger partial charge < -0.3 is 15.3 Å². The number of rotatable bonds is 5. The molecule has 5 heteroatoms. The molecular formula is C27H40N2O3. The van der Waals surface area contributed by atoms with E-state index in [-0.39, 0.29) is 46.9 Å². The summed E-state index contributed by atoms with van der Waals surface area (Å²) in [7, 11) is 0. The van der Waals surface area contributed by atoms with Crippen LogP contribution in [-0.2, 0) is 16.0 Å². The Morgan fingerprint density at radius 2 is 1.81 bits per heavy atom. The topological polar surface area (TPSA) is 69.6 Å². The van der Waals surface area contributed by atoms with Crippen molar-refractivity contribution in [1.82, 2.24) is 10.2 Å². The third-order valence-electron chi connectivity index (χ3n) is 8.89. The molecule has 1 saturated heterocycles. The molecule has 0 aromatic heterocycles. The van der Waals surface area contributed by atoms with Crippen LogP contribution in [0.2, 0.25) is 0 Å². The van der Waals surface area contributed by atoms with Gasteiger partial charge in [-0.15, -0.1) is 0 Å². The van der Waals surface area contributed by atoms with Crippen molar-refractivity contribution in [2.24, 2.45) is 29.1 Å². The number of amides is 2. The predicted octanol–water partition coefficient (Wildman–Crippen LogP) is 3.80. The highest BCUT2D eigenvalue weighted by atomic mass is 16.3. The number of benzene rings is 1. The van der Waals surface area contributed by atoms with Crippen molar-refractivity contribution in [3.63, 3.8) is 0 Å². The summed E-state index contributed by atoms with van der Waals surface area (Å²) < 4.78 is 0. The molecular weight excluding hydrogens is 400 g/mol. The number of aliphatic hydroxyl groups is 1. The molecule has 2 N–H and O–H groups in total. The first-order chi connectivity index (χ1) is 15.3. The molecule has 1 aromatic rings. The average Bonchev–Trinajstić information content (AvgIpc) is 3.31. The molecule has 3 aliphatic rings. The number of nitrogens with one attached hydrogen (secondary N) is 1. The molecule has 4 rings (SSSR count). The molecule has 0 spiro atoms. The molecule has 5 nitrogen and oxygen atoms in total. The minimum absolute atomic E-state index is 0.00222. The van der Waals surface area contributed by atoms with Gasteiger partial charge in [0, 0.05) is 25.0 Å². The normalized spacial score (nSPS) is 35.8. The molecule has 2 aliphatic carbocycles. The molecule has 32 heavy (non-hydrogen) atoms. The van der Waals surface area contributed by atoms with Crippen LogP contribution in [0.3, 0.4) is 0 Å². The maximum atomic E-state index is 13.1. The van der Waals surface area contributed by atoms with Crippen LogP contribution in [0.5, 0.6) is 0 Å². The van der Waals surface area contributed by atoms with E-state index in [2.05, 4.69) is 19.2 Å². The number of fused-ring (bicyclic) bond motifs is 1. The van der Waals surface area contributed by atoms with Crippen molar-refractivity contribution in [3.8, 4) is 0 Å². The van der Waals surface area contributed by atoms with Crippen LogP contribution < -0.4 is 5.32 Å². The van der Waals surface area contributed by atoms with Crippen molar-refractivity contribution in [3.05, 3.63) is 35.9 Å². The summed E-state index contributed by atoms with van der Waals surface area (Å²) in [6.07, 6.45) is 5.99. The van der Waals surface area contributed by atoms with Gasteiger partial charge >= 0.3 is 0 Å². The lowest BCUT2D eigenvalue weighted by Crippen LogP contribution is -2.58. The SMILES string of the molecule is C[C@@H]1[C@@H]2[C@@H](O)[C@H]([C@H](C)C(=O)N3CCCC3)CC[C@]2(C)CC[C@@H]1NC(=O)Cc1ccccc1. The van der Waals surface area contributed by atoms with Gasteiger partial charge in [0.25, 0.3) is 0 Å². The summed E-state index contributed by atoms with van der Waals surface area (Å²) in [5.41, 5.74) is 1.09. The second kappa shape index (κ2) is 9.54. The quantitative estimate of drug-likeness (QED) is 0.732. The zero-order valence-corrected chi connectivity index (χ0v) is 19.9. The summed E-state index contributed by atoms with van der Waals surface area (Å²) in [5.74, 6) is 0.406. The monoisotopic (exact) mass is 440 g/mol. The first-order valence-electron chi connectivity index (χ1n) is 12.6. The van der Waals surface area contributed by atoms with Crippen molar-refractivity contribution in [2.45, 2.75) is 77.9 Å². The van der Waals surface area contributed by atoms with E-state index in [1.54, 1.807) is 0 Å². The predicted molar refractivity (Wildman–Crippen MR) is 126 cm³/mol. The van der Waals surface area contributed by atoms with Crippen molar-refractivity contribution in [1.29, 1.82) is 0 Å². The average molecular weight is 441 g/mol. The lowest BCUT2D eigenvalue weighted by atomic mass is 9.51. The summed E-state index contributed by atoms with van der Waals surface area (Å²) in [6, 6.07) is 9.91. The van der Waals surface area contributed by atoms with Crippen LogP contribution in [-0.4, -0.2) is 47.1 Å². The third-order valence-corrected chi connectivity index (χ3v) is 8.89. The number of aliphatic hydroxyl groups excluding tert-OH is 1. The number of nitrogens with zero attached hydrogens (tertiary/aromatic N) is 1.